The number of nitro groups is 1. The molecule has 0 saturated carbocycles. The third-order valence-electron chi connectivity index (χ3n) is 4.02. The molecule has 0 aromatic heterocycles. The van der Waals surface area contributed by atoms with Crippen molar-refractivity contribution in [1.29, 1.82) is 0 Å². The smallest absolute Gasteiger partial charge is 0.272 e. The standard InChI is InChI=1S/C13H19N3O4S/c1-10-7-11(3-4-12(10)16(17)18)21(19,20)15-6-5-13(2,8-14)9-15/h3-4,7H,5-6,8-9,14H2,1-2H3. The molecular formula is C13H19N3O4S. The lowest BCUT2D eigenvalue weighted by molar-refractivity contribution is -0.385. The van der Waals surface area contributed by atoms with Crippen LogP contribution >= 0.6 is 0 Å². The Labute approximate surface area is 123 Å². The van der Waals surface area contributed by atoms with Crippen molar-refractivity contribution in [2.24, 2.45) is 11.1 Å². The quantitative estimate of drug-likeness (QED) is 0.665. The van der Waals surface area contributed by atoms with E-state index < -0.39 is 14.9 Å². The van der Waals surface area contributed by atoms with Gasteiger partial charge in [0.25, 0.3) is 5.69 Å². The first-order valence-corrected chi connectivity index (χ1v) is 8.09. The number of nitrogens with zero attached hydrogens (tertiary/aromatic N) is 2. The fraction of sp³-hybridized carbons (Fsp3) is 0.538. The van der Waals surface area contributed by atoms with E-state index in [-0.39, 0.29) is 16.0 Å². The van der Waals surface area contributed by atoms with E-state index in [0.717, 1.165) is 0 Å². The summed E-state index contributed by atoms with van der Waals surface area (Å²) in [5, 5.41) is 10.8. The highest BCUT2D eigenvalue weighted by Gasteiger charge is 2.39. The minimum Gasteiger partial charge on any atom is -0.330 e. The highest BCUT2D eigenvalue weighted by atomic mass is 32.2. The van der Waals surface area contributed by atoms with E-state index in [4.69, 9.17) is 5.73 Å². The van der Waals surface area contributed by atoms with Gasteiger partial charge in [0.1, 0.15) is 0 Å². The van der Waals surface area contributed by atoms with E-state index in [9.17, 15) is 18.5 Å². The van der Waals surface area contributed by atoms with Crippen LogP contribution in [0.25, 0.3) is 0 Å². The van der Waals surface area contributed by atoms with Crippen LogP contribution in [-0.2, 0) is 10.0 Å². The normalized spacial score (nSPS) is 23.4. The van der Waals surface area contributed by atoms with Crippen LogP contribution in [-0.4, -0.2) is 37.3 Å². The molecule has 7 nitrogen and oxygen atoms in total. The summed E-state index contributed by atoms with van der Waals surface area (Å²) in [6, 6.07) is 3.88. The zero-order chi connectivity index (χ0) is 15.8. The van der Waals surface area contributed by atoms with Crippen LogP contribution in [0.4, 0.5) is 5.69 Å². The van der Waals surface area contributed by atoms with Gasteiger partial charge in [0.15, 0.2) is 0 Å². The molecule has 0 radical (unpaired) electrons. The molecule has 0 spiro atoms. The summed E-state index contributed by atoms with van der Waals surface area (Å²) in [6.07, 6.45) is 0.717. The summed E-state index contributed by atoms with van der Waals surface area (Å²) >= 11 is 0. The van der Waals surface area contributed by atoms with Gasteiger partial charge >= 0.3 is 0 Å². The molecule has 1 aliphatic heterocycles. The molecule has 1 unspecified atom stereocenters. The van der Waals surface area contributed by atoms with E-state index in [1.54, 1.807) is 0 Å². The molecule has 1 saturated heterocycles. The molecule has 1 heterocycles. The number of sulfonamides is 1. The zero-order valence-corrected chi connectivity index (χ0v) is 12.9. The van der Waals surface area contributed by atoms with Crippen molar-refractivity contribution in [2.45, 2.75) is 25.2 Å². The Morgan fingerprint density at radius 1 is 1.48 bits per heavy atom. The molecule has 21 heavy (non-hydrogen) atoms. The maximum Gasteiger partial charge on any atom is 0.272 e. The second-order valence-electron chi connectivity index (χ2n) is 5.81. The Kier molecular flexibility index (Phi) is 4.05. The van der Waals surface area contributed by atoms with Gasteiger partial charge < -0.3 is 5.73 Å². The Balaban J connectivity index is 2.33. The first kappa shape index (κ1) is 15.9. The van der Waals surface area contributed by atoms with Crippen LogP contribution in [0.1, 0.15) is 18.9 Å². The van der Waals surface area contributed by atoms with E-state index in [2.05, 4.69) is 0 Å². The van der Waals surface area contributed by atoms with E-state index >= 15 is 0 Å². The van der Waals surface area contributed by atoms with Crippen LogP contribution in [0, 0.1) is 22.5 Å². The third-order valence-corrected chi connectivity index (χ3v) is 5.86. The monoisotopic (exact) mass is 313 g/mol. The lowest BCUT2D eigenvalue weighted by Crippen LogP contribution is -2.34. The average Bonchev–Trinajstić information content (AvgIpc) is 2.82. The van der Waals surface area contributed by atoms with Crippen molar-refractivity contribution >= 4 is 15.7 Å². The number of nitrogens with two attached hydrogens (primary N) is 1. The van der Waals surface area contributed by atoms with Gasteiger partial charge in [-0.1, -0.05) is 6.92 Å². The second kappa shape index (κ2) is 5.36. The molecule has 8 heteroatoms. The molecule has 1 aliphatic rings. The van der Waals surface area contributed by atoms with Crippen molar-refractivity contribution in [3.63, 3.8) is 0 Å². The number of rotatable bonds is 4. The first-order chi connectivity index (χ1) is 9.69. The van der Waals surface area contributed by atoms with E-state index in [1.807, 2.05) is 6.92 Å². The first-order valence-electron chi connectivity index (χ1n) is 6.65. The van der Waals surface area contributed by atoms with E-state index in [1.165, 1.54) is 29.4 Å². The fourth-order valence-corrected chi connectivity index (χ4v) is 4.17. The lowest BCUT2D eigenvalue weighted by atomic mass is 9.90. The van der Waals surface area contributed by atoms with Gasteiger partial charge in [0, 0.05) is 24.7 Å². The Morgan fingerprint density at radius 2 is 2.14 bits per heavy atom. The Morgan fingerprint density at radius 3 is 2.62 bits per heavy atom. The van der Waals surface area contributed by atoms with E-state index in [0.29, 0.717) is 31.6 Å². The van der Waals surface area contributed by atoms with Crippen LogP contribution in [0.15, 0.2) is 23.1 Å². The van der Waals surface area contributed by atoms with Crippen LogP contribution in [0.2, 0.25) is 0 Å². The SMILES string of the molecule is Cc1cc(S(=O)(=O)N2CCC(C)(CN)C2)ccc1[N+](=O)[O-]. The van der Waals surface area contributed by atoms with Gasteiger partial charge in [-0.3, -0.25) is 10.1 Å². The summed E-state index contributed by atoms with van der Waals surface area (Å²) in [4.78, 5) is 10.4. The predicted molar refractivity (Wildman–Crippen MR) is 78.4 cm³/mol. The van der Waals surface area contributed by atoms with Crippen LogP contribution < -0.4 is 5.73 Å². The molecule has 2 N–H and O–H groups in total. The summed E-state index contributed by atoms with van der Waals surface area (Å²) in [5.41, 5.74) is 5.74. The number of nitro benzene ring substituents is 1. The molecule has 116 valence electrons. The summed E-state index contributed by atoms with van der Waals surface area (Å²) < 4.78 is 26.6. The Bertz CT molecular complexity index is 674. The fourth-order valence-electron chi connectivity index (χ4n) is 2.49. The highest BCUT2D eigenvalue weighted by Crippen LogP contribution is 2.33. The molecule has 2 rings (SSSR count). The summed E-state index contributed by atoms with van der Waals surface area (Å²) in [6.45, 7) is 4.72. The average molecular weight is 313 g/mol. The maximum atomic E-state index is 12.6. The van der Waals surface area contributed by atoms with Crippen molar-refractivity contribution in [3.8, 4) is 0 Å². The topological polar surface area (TPSA) is 107 Å². The molecular weight excluding hydrogens is 294 g/mol. The van der Waals surface area contributed by atoms with Crippen LogP contribution in [0.3, 0.4) is 0 Å². The van der Waals surface area contributed by atoms with Crippen molar-refractivity contribution in [3.05, 3.63) is 33.9 Å². The van der Waals surface area contributed by atoms with Crippen molar-refractivity contribution in [1.82, 2.24) is 4.31 Å². The molecule has 0 aliphatic carbocycles. The zero-order valence-electron chi connectivity index (χ0n) is 12.1. The number of hydrogen-bond acceptors (Lipinski definition) is 5. The minimum atomic E-state index is -3.63. The van der Waals surface area contributed by atoms with Gasteiger partial charge in [0.2, 0.25) is 10.0 Å². The number of hydrogen-bond donors (Lipinski definition) is 1. The predicted octanol–water partition coefficient (Wildman–Crippen LogP) is 1.26. The van der Waals surface area contributed by atoms with Crippen molar-refractivity contribution < 1.29 is 13.3 Å². The van der Waals surface area contributed by atoms with Gasteiger partial charge in [-0.25, -0.2) is 8.42 Å². The van der Waals surface area contributed by atoms with Crippen LogP contribution in [0.5, 0.6) is 0 Å². The third kappa shape index (κ3) is 2.92. The molecule has 1 fully saturated rings. The molecule has 1 aromatic carbocycles. The highest BCUT2D eigenvalue weighted by molar-refractivity contribution is 7.89. The molecule has 0 amide bonds. The van der Waals surface area contributed by atoms with Gasteiger partial charge in [-0.2, -0.15) is 4.31 Å². The van der Waals surface area contributed by atoms with Gasteiger partial charge in [0.05, 0.1) is 9.82 Å². The van der Waals surface area contributed by atoms with Crippen molar-refractivity contribution in [2.75, 3.05) is 19.6 Å². The number of benzene rings is 1. The number of aryl methyl sites for hydroxylation is 1. The maximum absolute atomic E-state index is 12.6. The molecule has 1 atom stereocenters. The largest absolute Gasteiger partial charge is 0.330 e. The lowest BCUT2D eigenvalue weighted by Gasteiger charge is -2.22. The minimum absolute atomic E-state index is 0.0813. The molecule has 1 aromatic rings. The summed E-state index contributed by atoms with van der Waals surface area (Å²) in [5.74, 6) is 0. The second-order valence-corrected chi connectivity index (χ2v) is 7.75. The van der Waals surface area contributed by atoms with Gasteiger partial charge in [-0.15, -0.1) is 0 Å². The van der Waals surface area contributed by atoms with Gasteiger partial charge in [-0.05, 0) is 37.4 Å². The Hall–Kier alpha value is -1.51. The molecule has 0 bridgehead atoms. The summed E-state index contributed by atoms with van der Waals surface area (Å²) in [7, 11) is -3.63.